The Bertz CT molecular complexity index is 76.8. The molecule has 0 radical (unpaired) electrons. The molecule has 0 bridgehead atoms. The maximum atomic E-state index is 8.98. The molecule has 8 heavy (non-hydrogen) atoms. The Morgan fingerprint density at radius 2 is 2.38 bits per heavy atom. The average molecular weight is 117 g/mol. The molecule has 0 amide bonds. The number of aliphatic hydroxyl groups excluding tert-OH is 1. The molecule has 0 aliphatic carbocycles. The summed E-state index contributed by atoms with van der Waals surface area (Å²) in [6, 6.07) is 0. The van der Waals surface area contributed by atoms with Crippen molar-refractivity contribution >= 4 is 0 Å². The van der Waals surface area contributed by atoms with E-state index >= 15 is 0 Å². The van der Waals surface area contributed by atoms with Crippen LogP contribution in [-0.4, -0.2) is 31.0 Å². The van der Waals surface area contributed by atoms with E-state index in [-0.39, 0.29) is 12.0 Å². The lowest BCUT2D eigenvalue weighted by atomic mass is 10.1. The molecule has 1 fully saturated rings. The van der Waals surface area contributed by atoms with Gasteiger partial charge in [0.15, 0.2) is 0 Å². The molecule has 3 heteroatoms. The van der Waals surface area contributed by atoms with Crippen LogP contribution < -0.4 is 5.73 Å². The van der Waals surface area contributed by atoms with E-state index < -0.39 is 0 Å². The Balaban J connectivity index is 2.30. The van der Waals surface area contributed by atoms with Crippen molar-refractivity contribution in [2.75, 3.05) is 19.8 Å². The molecule has 2 atom stereocenters. The van der Waals surface area contributed by atoms with Crippen molar-refractivity contribution in [1.82, 2.24) is 0 Å². The van der Waals surface area contributed by atoms with Crippen LogP contribution in [0.25, 0.3) is 0 Å². The van der Waals surface area contributed by atoms with Crippen LogP contribution in [-0.2, 0) is 4.74 Å². The van der Waals surface area contributed by atoms with Gasteiger partial charge in [0, 0.05) is 5.92 Å². The molecule has 0 aromatic carbocycles. The lowest BCUT2D eigenvalue weighted by Crippen LogP contribution is -2.25. The third-order valence-electron chi connectivity index (χ3n) is 1.47. The molecule has 0 saturated carbocycles. The third-order valence-corrected chi connectivity index (χ3v) is 1.47. The lowest BCUT2D eigenvalue weighted by Gasteiger charge is -2.06. The second-order valence-corrected chi connectivity index (χ2v) is 2.10. The van der Waals surface area contributed by atoms with Gasteiger partial charge in [-0.2, -0.15) is 0 Å². The topological polar surface area (TPSA) is 55.5 Å². The summed E-state index contributed by atoms with van der Waals surface area (Å²) in [5.74, 6) is 0.176. The molecule has 0 aromatic heterocycles. The van der Waals surface area contributed by atoms with Crippen LogP contribution in [0.1, 0.15) is 0 Å². The summed E-state index contributed by atoms with van der Waals surface area (Å²) in [6.45, 7) is 1.61. The normalized spacial score (nSPS) is 38.2. The van der Waals surface area contributed by atoms with Gasteiger partial charge in [-0.05, 0) is 6.54 Å². The fourth-order valence-corrected chi connectivity index (χ4v) is 0.812. The standard InChI is InChI=1S/C5H11NO2/c6-1-4-2-8-3-5(4)7/h4-5,7H,1-3,6H2/t4-,5-/m1/s1. The Hall–Kier alpha value is -0.120. The van der Waals surface area contributed by atoms with Crippen LogP contribution in [0, 0.1) is 5.92 Å². The van der Waals surface area contributed by atoms with Crippen molar-refractivity contribution in [2.45, 2.75) is 6.10 Å². The van der Waals surface area contributed by atoms with Crippen LogP contribution in [0.4, 0.5) is 0 Å². The van der Waals surface area contributed by atoms with Crippen molar-refractivity contribution in [3.63, 3.8) is 0 Å². The summed E-state index contributed by atoms with van der Waals surface area (Å²) in [4.78, 5) is 0. The van der Waals surface area contributed by atoms with E-state index in [0.29, 0.717) is 19.8 Å². The number of hydrogen-bond donors (Lipinski definition) is 2. The summed E-state index contributed by atoms with van der Waals surface area (Å²) in [5, 5.41) is 8.98. The van der Waals surface area contributed by atoms with Gasteiger partial charge in [-0.3, -0.25) is 0 Å². The minimum Gasteiger partial charge on any atom is -0.390 e. The van der Waals surface area contributed by atoms with Gasteiger partial charge in [-0.25, -0.2) is 0 Å². The van der Waals surface area contributed by atoms with Crippen LogP contribution in [0.3, 0.4) is 0 Å². The van der Waals surface area contributed by atoms with Crippen molar-refractivity contribution in [2.24, 2.45) is 11.7 Å². The predicted octanol–water partition coefficient (Wildman–Crippen LogP) is -1.05. The van der Waals surface area contributed by atoms with Crippen LogP contribution in [0.2, 0.25) is 0 Å². The van der Waals surface area contributed by atoms with Gasteiger partial charge in [0.25, 0.3) is 0 Å². The molecule has 1 saturated heterocycles. The van der Waals surface area contributed by atoms with Gasteiger partial charge in [-0.1, -0.05) is 0 Å². The van der Waals surface area contributed by atoms with E-state index in [1.807, 2.05) is 0 Å². The zero-order chi connectivity index (χ0) is 5.98. The van der Waals surface area contributed by atoms with E-state index in [0.717, 1.165) is 0 Å². The Morgan fingerprint density at radius 3 is 2.62 bits per heavy atom. The maximum absolute atomic E-state index is 8.98. The quantitative estimate of drug-likeness (QED) is 0.461. The average Bonchev–Trinajstić information content (AvgIpc) is 2.14. The highest BCUT2D eigenvalue weighted by molar-refractivity contribution is 4.73. The van der Waals surface area contributed by atoms with Crippen molar-refractivity contribution < 1.29 is 9.84 Å². The van der Waals surface area contributed by atoms with E-state index in [1.165, 1.54) is 0 Å². The molecule has 1 aliphatic rings. The van der Waals surface area contributed by atoms with Gasteiger partial charge in [0.05, 0.1) is 19.3 Å². The molecule has 1 rings (SSSR count). The molecule has 3 nitrogen and oxygen atoms in total. The first-order valence-electron chi connectivity index (χ1n) is 2.80. The first kappa shape index (κ1) is 6.01. The predicted molar refractivity (Wildman–Crippen MR) is 29.4 cm³/mol. The molecule has 0 spiro atoms. The Labute approximate surface area is 48.4 Å². The first-order chi connectivity index (χ1) is 3.84. The molecule has 0 aromatic rings. The van der Waals surface area contributed by atoms with Crippen LogP contribution >= 0.6 is 0 Å². The second kappa shape index (κ2) is 2.44. The highest BCUT2D eigenvalue weighted by atomic mass is 16.5. The highest BCUT2D eigenvalue weighted by Crippen LogP contribution is 2.10. The minimum atomic E-state index is -0.319. The number of aliphatic hydroxyl groups is 1. The fraction of sp³-hybridized carbons (Fsp3) is 1.00. The van der Waals surface area contributed by atoms with Gasteiger partial charge in [-0.15, -0.1) is 0 Å². The number of hydrogen-bond acceptors (Lipinski definition) is 3. The third kappa shape index (κ3) is 0.992. The van der Waals surface area contributed by atoms with E-state index in [1.54, 1.807) is 0 Å². The van der Waals surface area contributed by atoms with Crippen LogP contribution in [0.15, 0.2) is 0 Å². The number of ether oxygens (including phenoxy) is 1. The smallest absolute Gasteiger partial charge is 0.0835 e. The molecule has 48 valence electrons. The monoisotopic (exact) mass is 117 g/mol. The SMILES string of the molecule is NC[C@@H]1COC[C@H]1O. The summed E-state index contributed by atoms with van der Waals surface area (Å²) < 4.78 is 4.93. The van der Waals surface area contributed by atoms with Crippen molar-refractivity contribution in [1.29, 1.82) is 0 Å². The van der Waals surface area contributed by atoms with E-state index in [2.05, 4.69) is 0 Å². The van der Waals surface area contributed by atoms with Crippen LogP contribution in [0.5, 0.6) is 0 Å². The molecule has 1 aliphatic heterocycles. The Kier molecular flexibility index (Phi) is 1.83. The lowest BCUT2D eigenvalue weighted by molar-refractivity contribution is 0.119. The van der Waals surface area contributed by atoms with Crippen molar-refractivity contribution in [3.8, 4) is 0 Å². The summed E-state index contributed by atoms with van der Waals surface area (Å²) in [5.41, 5.74) is 5.28. The summed E-state index contributed by atoms with van der Waals surface area (Å²) >= 11 is 0. The largest absolute Gasteiger partial charge is 0.390 e. The van der Waals surface area contributed by atoms with Gasteiger partial charge in [0.2, 0.25) is 0 Å². The summed E-state index contributed by atoms with van der Waals surface area (Å²) in [6.07, 6.45) is -0.319. The summed E-state index contributed by atoms with van der Waals surface area (Å²) in [7, 11) is 0. The highest BCUT2D eigenvalue weighted by Gasteiger charge is 2.23. The second-order valence-electron chi connectivity index (χ2n) is 2.10. The first-order valence-corrected chi connectivity index (χ1v) is 2.80. The maximum Gasteiger partial charge on any atom is 0.0835 e. The minimum absolute atomic E-state index is 0.176. The fourth-order valence-electron chi connectivity index (χ4n) is 0.812. The van der Waals surface area contributed by atoms with Crippen molar-refractivity contribution in [3.05, 3.63) is 0 Å². The zero-order valence-electron chi connectivity index (χ0n) is 4.71. The van der Waals surface area contributed by atoms with E-state index in [4.69, 9.17) is 15.6 Å². The number of nitrogens with two attached hydrogens (primary N) is 1. The molecule has 0 unspecified atom stereocenters. The van der Waals surface area contributed by atoms with Gasteiger partial charge >= 0.3 is 0 Å². The number of rotatable bonds is 1. The zero-order valence-corrected chi connectivity index (χ0v) is 4.71. The molecular formula is C5H11NO2. The van der Waals surface area contributed by atoms with Gasteiger partial charge in [0.1, 0.15) is 0 Å². The molecule has 1 heterocycles. The molecule has 3 N–H and O–H groups in total. The molecular weight excluding hydrogens is 106 g/mol. The van der Waals surface area contributed by atoms with Gasteiger partial charge < -0.3 is 15.6 Å². The Morgan fingerprint density at radius 1 is 1.62 bits per heavy atom. The van der Waals surface area contributed by atoms with E-state index in [9.17, 15) is 0 Å².